The van der Waals surface area contributed by atoms with Gasteiger partial charge in [-0.25, -0.2) is 9.97 Å². The Bertz CT molecular complexity index is 900. The number of rotatable bonds is 2. The highest BCUT2D eigenvalue weighted by atomic mass is 35.5. The van der Waals surface area contributed by atoms with Gasteiger partial charge in [-0.05, 0) is 17.7 Å². The molecule has 0 atom stereocenters. The van der Waals surface area contributed by atoms with Crippen molar-refractivity contribution in [2.24, 2.45) is 0 Å². The number of fused-ring (bicyclic) bond motifs is 1. The summed E-state index contributed by atoms with van der Waals surface area (Å²) < 4.78 is 40.6. The SMILES string of the molecule is O=c1cc(Cn2c(C(F)(F)F)cc3c(Cl)ncnc32)cc[nH]1. The van der Waals surface area contributed by atoms with Crippen molar-refractivity contribution in [1.29, 1.82) is 0 Å². The molecule has 0 unspecified atom stereocenters. The second-order valence-electron chi connectivity index (χ2n) is 4.58. The lowest BCUT2D eigenvalue weighted by molar-refractivity contribution is -0.143. The largest absolute Gasteiger partial charge is 0.431 e. The Balaban J connectivity index is 2.22. The lowest BCUT2D eigenvalue weighted by Gasteiger charge is -2.12. The van der Waals surface area contributed by atoms with Gasteiger partial charge in [-0.2, -0.15) is 13.2 Å². The maximum absolute atomic E-state index is 13.2. The first-order valence-electron chi connectivity index (χ1n) is 6.11. The molecule has 9 heteroatoms. The fraction of sp³-hybridized carbons (Fsp3) is 0.154. The van der Waals surface area contributed by atoms with Crippen molar-refractivity contribution in [2.45, 2.75) is 12.7 Å². The van der Waals surface area contributed by atoms with Gasteiger partial charge in [0.2, 0.25) is 5.56 Å². The van der Waals surface area contributed by atoms with Crippen LogP contribution in [0.15, 0.2) is 35.5 Å². The van der Waals surface area contributed by atoms with Crippen molar-refractivity contribution in [3.8, 4) is 0 Å². The molecule has 0 saturated heterocycles. The van der Waals surface area contributed by atoms with Crippen LogP contribution in [0.2, 0.25) is 5.15 Å². The zero-order chi connectivity index (χ0) is 15.9. The molecule has 0 fully saturated rings. The molecule has 3 heterocycles. The standard InChI is InChI=1S/C13H8ClF3N4O/c14-11-8-4-9(13(15,16)17)21(12(8)20-6-19-11)5-7-1-2-18-10(22)3-7/h1-4,6H,5H2,(H,18,22). The molecular formula is C13H8ClF3N4O. The summed E-state index contributed by atoms with van der Waals surface area (Å²) in [7, 11) is 0. The van der Waals surface area contributed by atoms with Crippen LogP contribution in [0.25, 0.3) is 11.0 Å². The Hall–Kier alpha value is -2.35. The Morgan fingerprint density at radius 2 is 2.05 bits per heavy atom. The van der Waals surface area contributed by atoms with E-state index in [1.807, 2.05) is 0 Å². The van der Waals surface area contributed by atoms with Crippen LogP contribution in [0.5, 0.6) is 0 Å². The summed E-state index contributed by atoms with van der Waals surface area (Å²) in [5.74, 6) is 0. The van der Waals surface area contributed by atoms with E-state index in [-0.39, 0.29) is 22.7 Å². The van der Waals surface area contributed by atoms with E-state index < -0.39 is 17.4 Å². The molecule has 0 bridgehead atoms. The molecule has 0 radical (unpaired) electrons. The van der Waals surface area contributed by atoms with Gasteiger partial charge in [0.25, 0.3) is 0 Å². The highest BCUT2D eigenvalue weighted by Crippen LogP contribution is 2.35. The molecule has 0 aromatic carbocycles. The number of pyridine rings is 1. The number of hydrogen-bond donors (Lipinski definition) is 1. The smallest absolute Gasteiger partial charge is 0.329 e. The topological polar surface area (TPSA) is 63.6 Å². The van der Waals surface area contributed by atoms with Crippen LogP contribution in [-0.4, -0.2) is 19.5 Å². The fourth-order valence-electron chi connectivity index (χ4n) is 2.20. The number of aromatic nitrogens is 4. The van der Waals surface area contributed by atoms with Crippen molar-refractivity contribution in [3.05, 3.63) is 57.5 Å². The lowest BCUT2D eigenvalue weighted by atomic mass is 10.2. The van der Waals surface area contributed by atoms with Crippen molar-refractivity contribution in [1.82, 2.24) is 19.5 Å². The summed E-state index contributed by atoms with van der Waals surface area (Å²) in [6.45, 7) is -0.157. The van der Waals surface area contributed by atoms with Gasteiger partial charge in [-0.3, -0.25) is 4.79 Å². The van der Waals surface area contributed by atoms with E-state index in [4.69, 9.17) is 11.6 Å². The third kappa shape index (κ3) is 2.57. The Kier molecular flexibility index (Phi) is 3.40. The molecule has 3 aromatic rings. The van der Waals surface area contributed by atoms with E-state index in [9.17, 15) is 18.0 Å². The fourth-order valence-corrected chi connectivity index (χ4v) is 2.38. The van der Waals surface area contributed by atoms with E-state index >= 15 is 0 Å². The normalized spacial score (nSPS) is 12.0. The molecule has 3 rings (SSSR count). The predicted octanol–water partition coefficient (Wildman–Crippen LogP) is 2.84. The van der Waals surface area contributed by atoms with E-state index in [2.05, 4.69) is 15.0 Å². The van der Waals surface area contributed by atoms with Crippen LogP contribution >= 0.6 is 11.6 Å². The maximum Gasteiger partial charge on any atom is 0.431 e. The molecule has 22 heavy (non-hydrogen) atoms. The van der Waals surface area contributed by atoms with Crippen molar-refractivity contribution >= 4 is 22.6 Å². The van der Waals surface area contributed by atoms with Gasteiger partial charge < -0.3 is 9.55 Å². The lowest BCUT2D eigenvalue weighted by Crippen LogP contribution is -2.15. The van der Waals surface area contributed by atoms with E-state index in [0.29, 0.717) is 5.56 Å². The molecule has 0 aliphatic heterocycles. The minimum atomic E-state index is -4.58. The van der Waals surface area contributed by atoms with Crippen LogP contribution in [0.4, 0.5) is 13.2 Å². The number of aromatic amines is 1. The number of nitrogens with zero attached hydrogens (tertiary/aromatic N) is 3. The van der Waals surface area contributed by atoms with Gasteiger partial charge in [-0.1, -0.05) is 11.6 Å². The minimum absolute atomic E-state index is 0.0554. The van der Waals surface area contributed by atoms with Crippen molar-refractivity contribution < 1.29 is 13.2 Å². The van der Waals surface area contributed by atoms with E-state index in [0.717, 1.165) is 17.0 Å². The zero-order valence-corrected chi connectivity index (χ0v) is 11.6. The third-order valence-corrected chi connectivity index (χ3v) is 3.41. The van der Waals surface area contributed by atoms with Gasteiger partial charge >= 0.3 is 6.18 Å². The van der Waals surface area contributed by atoms with Gasteiger partial charge in [0.1, 0.15) is 22.8 Å². The number of halogens is 4. The van der Waals surface area contributed by atoms with Crippen molar-refractivity contribution in [3.63, 3.8) is 0 Å². The molecule has 0 spiro atoms. The second-order valence-corrected chi connectivity index (χ2v) is 4.93. The average molecular weight is 329 g/mol. The number of alkyl halides is 3. The van der Waals surface area contributed by atoms with E-state index in [1.54, 1.807) is 0 Å². The third-order valence-electron chi connectivity index (χ3n) is 3.11. The zero-order valence-electron chi connectivity index (χ0n) is 10.9. The summed E-state index contributed by atoms with van der Waals surface area (Å²) in [6.07, 6.45) is -2.11. The predicted molar refractivity (Wildman–Crippen MR) is 73.7 cm³/mol. The van der Waals surface area contributed by atoms with Crippen LogP contribution in [0.3, 0.4) is 0 Å². The highest BCUT2D eigenvalue weighted by molar-refractivity contribution is 6.33. The van der Waals surface area contributed by atoms with Crippen LogP contribution in [0.1, 0.15) is 11.3 Å². The molecule has 0 saturated carbocycles. The van der Waals surface area contributed by atoms with Crippen LogP contribution in [-0.2, 0) is 12.7 Å². The van der Waals surface area contributed by atoms with Gasteiger partial charge in [0.05, 0.1) is 5.39 Å². The first kappa shape index (κ1) is 14.6. The Morgan fingerprint density at radius 3 is 2.73 bits per heavy atom. The summed E-state index contributed by atoms with van der Waals surface area (Å²) >= 11 is 5.83. The highest BCUT2D eigenvalue weighted by Gasteiger charge is 2.36. The first-order chi connectivity index (χ1) is 10.4. The monoisotopic (exact) mass is 328 g/mol. The van der Waals surface area contributed by atoms with Gasteiger partial charge in [-0.15, -0.1) is 0 Å². The molecule has 0 aliphatic rings. The number of nitrogens with one attached hydrogen (secondary N) is 1. The Labute approximate surface area is 126 Å². The number of H-pyrrole nitrogens is 1. The van der Waals surface area contributed by atoms with Crippen LogP contribution in [0, 0.1) is 0 Å². The summed E-state index contributed by atoms with van der Waals surface area (Å²) in [5.41, 5.74) is -0.811. The average Bonchev–Trinajstić information content (AvgIpc) is 2.79. The van der Waals surface area contributed by atoms with E-state index in [1.165, 1.54) is 18.3 Å². The molecule has 5 nitrogen and oxygen atoms in total. The summed E-state index contributed by atoms with van der Waals surface area (Å²) in [4.78, 5) is 21.3. The molecular weight excluding hydrogens is 321 g/mol. The number of hydrogen-bond acceptors (Lipinski definition) is 3. The Morgan fingerprint density at radius 1 is 1.27 bits per heavy atom. The summed E-state index contributed by atoms with van der Waals surface area (Å²) in [5, 5.41) is 0.0569. The molecule has 0 aliphatic carbocycles. The minimum Gasteiger partial charge on any atom is -0.329 e. The van der Waals surface area contributed by atoms with Gasteiger partial charge in [0.15, 0.2) is 0 Å². The molecule has 114 valence electrons. The molecule has 3 aromatic heterocycles. The first-order valence-corrected chi connectivity index (χ1v) is 6.48. The molecule has 0 amide bonds. The molecule has 1 N–H and O–H groups in total. The van der Waals surface area contributed by atoms with Gasteiger partial charge in [0, 0.05) is 18.8 Å². The summed E-state index contributed by atoms with van der Waals surface area (Å²) in [6, 6.07) is 3.66. The van der Waals surface area contributed by atoms with Crippen molar-refractivity contribution in [2.75, 3.05) is 0 Å². The maximum atomic E-state index is 13.2. The quantitative estimate of drug-likeness (QED) is 0.736. The van der Waals surface area contributed by atoms with Crippen LogP contribution < -0.4 is 5.56 Å². The second kappa shape index (κ2) is 5.13.